The van der Waals surface area contributed by atoms with Crippen LogP contribution in [-0.2, 0) is 17.9 Å². The van der Waals surface area contributed by atoms with E-state index >= 15 is 0 Å². The molecule has 0 saturated carbocycles. The van der Waals surface area contributed by atoms with Crippen molar-refractivity contribution < 1.29 is 9.66 Å². The lowest BCUT2D eigenvalue weighted by Crippen LogP contribution is -2.02. The third-order valence-electron chi connectivity index (χ3n) is 3.25. The number of anilines is 1. The van der Waals surface area contributed by atoms with E-state index in [1.54, 1.807) is 19.2 Å². The molecule has 1 N–H and O–H groups in total. The summed E-state index contributed by atoms with van der Waals surface area (Å²) in [5, 5.41) is 14.0. The smallest absolute Gasteiger partial charge is 0.271 e. The van der Waals surface area contributed by atoms with Gasteiger partial charge in [0.05, 0.1) is 11.5 Å². The maximum Gasteiger partial charge on any atom is 0.271 e. The van der Waals surface area contributed by atoms with Gasteiger partial charge >= 0.3 is 0 Å². The highest BCUT2D eigenvalue weighted by molar-refractivity contribution is 5.57. The average molecular weight is 286 g/mol. The maximum absolute atomic E-state index is 10.8. The van der Waals surface area contributed by atoms with Crippen molar-refractivity contribution in [3.63, 3.8) is 0 Å². The summed E-state index contributed by atoms with van der Waals surface area (Å²) in [6.07, 6.45) is 0. The zero-order valence-electron chi connectivity index (χ0n) is 12.1. The molecule has 2 rings (SSSR count). The second kappa shape index (κ2) is 6.85. The van der Waals surface area contributed by atoms with Gasteiger partial charge in [0.2, 0.25) is 0 Å². The first-order chi connectivity index (χ1) is 10.1. The highest BCUT2D eigenvalue weighted by Crippen LogP contribution is 2.22. The van der Waals surface area contributed by atoms with Gasteiger partial charge in [-0.25, -0.2) is 0 Å². The first-order valence-electron chi connectivity index (χ1n) is 6.66. The maximum atomic E-state index is 10.8. The fraction of sp³-hybridized carbons (Fsp3) is 0.250. The van der Waals surface area contributed by atoms with Gasteiger partial charge in [0.1, 0.15) is 0 Å². The van der Waals surface area contributed by atoms with Gasteiger partial charge in [0.25, 0.3) is 5.69 Å². The van der Waals surface area contributed by atoms with Crippen molar-refractivity contribution in [3.05, 3.63) is 69.3 Å². The van der Waals surface area contributed by atoms with Crippen LogP contribution in [0.1, 0.15) is 16.7 Å². The molecular weight excluding hydrogens is 268 g/mol. The summed E-state index contributed by atoms with van der Waals surface area (Å²) in [7, 11) is 1.67. The number of aryl methyl sites for hydroxylation is 1. The Kier molecular flexibility index (Phi) is 4.90. The van der Waals surface area contributed by atoms with Crippen molar-refractivity contribution in [3.8, 4) is 0 Å². The lowest BCUT2D eigenvalue weighted by molar-refractivity contribution is -0.384. The van der Waals surface area contributed by atoms with E-state index in [9.17, 15) is 10.1 Å². The van der Waals surface area contributed by atoms with E-state index in [0.29, 0.717) is 13.2 Å². The second-order valence-corrected chi connectivity index (χ2v) is 4.86. The van der Waals surface area contributed by atoms with Gasteiger partial charge in [-0.1, -0.05) is 30.3 Å². The molecule has 0 aliphatic heterocycles. The Hall–Kier alpha value is -2.40. The van der Waals surface area contributed by atoms with Crippen molar-refractivity contribution >= 4 is 11.4 Å². The van der Waals surface area contributed by atoms with Crippen LogP contribution in [0.3, 0.4) is 0 Å². The summed E-state index contributed by atoms with van der Waals surface area (Å²) in [6, 6.07) is 12.9. The molecule has 0 unspecified atom stereocenters. The highest BCUT2D eigenvalue weighted by atomic mass is 16.6. The van der Waals surface area contributed by atoms with Crippen molar-refractivity contribution in [1.29, 1.82) is 0 Å². The SMILES string of the molecule is COCc1ccc(CNc2cc([N+](=O)[O-])ccc2C)cc1. The van der Waals surface area contributed by atoms with Gasteiger partial charge in [-0.05, 0) is 23.6 Å². The molecule has 0 spiro atoms. The topological polar surface area (TPSA) is 64.4 Å². The summed E-state index contributed by atoms with van der Waals surface area (Å²) in [6.45, 7) is 3.14. The Labute approximate surface area is 123 Å². The van der Waals surface area contributed by atoms with Crippen LogP contribution in [0.15, 0.2) is 42.5 Å². The number of nitrogens with zero attached hydrogens (tertiary/aromatic N) is 1. The molecule has 0 amide bonds. The minimum Gasteiger partial charge on any atom is -0.381 e. The van der Waals surface area contributed by atoms with E-state index in [-0.39, 0.29) is 10.6 Å². The monoisotopic (exact) mass is 286 g/mol. The molecule has 0 saturated heterocycles. The Morgan fingerprint density at radius 2 is 1.81 bits per heavy atom. The summed E-state index contributed by atoms with van der Waals surface area (Å²) in [5.41, 5.74) is 4.09. The van der Waals surface area contributed by atoms with Crippen molar-refractivity contribution in [2.75, 3.05) is 12.4 Å². The number of hydrogen-bond donors (Lipinski definition) is 1. The first kappa shape index (κ1) is 15.0. The summed E-state index contributed by atoms with van der Waals surface area (Å²) < 4.78 is 5.07. The fourth-order valence-corrected chi connectivity index (χ4v) is 2.03. The molecule has 5 nitrogen and oxygen atoms in total. The molecule has 2 aromatic rings. The quantitative estimate of drug-likeness (QED) is 0.650. The number of nitrogens with one attached hydrogen (secondary N) is 1. The number of nitro groups is 1. The van der Waals surface area contributed by atoms with E-state index in [1.165, 1.54) is 6.07 Å². The molecular formula is C16H18N2O3. The Balaban J connectivity index is 2.05. The van der Waals surface area contributed by atoms with Crippen LogP contribution in [0.4, 0.5) is 11.4 Å². The molecule has 0 aliphatic carbocycles. The zero-order chi connectivity index (χ0) is 15.2. The molecule has 2 aromatic carbocycles. The molecule has 110 valence electrons. The largest absolute Gasteiger partial charge is 0.381 e. The van der Waals surface area contributed by atoms with Crippen LogP contribution in [-0.4, -0.2) is 12.0 Å². The lowest BCUT2D eigenvalue weighted by atomic mass is 10.1. The highest BCUT2D eigenvalue weighted by Gasteiger charge is 2.08. The first-order valence-corrected chi connectivity index (χ1v) is 6.66. The van der Waals surface area contributed by atoms with Gasteiger partial charge < -0.3 is 10.1 Å². The molecule has 0 fully saturated rings. The number of benzene rings is 2. The van der Waals surface area contributed by atoms with E-state index in [4.69, 9.17) is 4.74 Å². The van der Waals surface area contributed by atoms with Gasteiger partial charge in [-0.3, -0.25) is 10.1 Å². The minimum absolute atomic E-state index is 0.0959. The lowest BCUT2D eigenvalue weighted by Gasteiger charge is -2.10. The number of methoxy groups -OCH3 is 1. The number of non-ortho nitro benzene ring substituents is 1. The van der Waals surface area contributed by atoms with E-state index < -0.39 is 0 Å². The molecule has 0 radical (unpaired) electrons. The average Bonchev–Trinajstić information content (AvgIpc) is 2.48. The number of rotatable bonds is 6. The predicted octanol–water partition coefficient (Wildman–Crippen LogP) is 3.66. The molecule has 0 atom stereocenters. The fourth-order valence-electron chi connectivity index (χ4n) is 2.03. The predicted molar refractivity (Wildman–Crippen MR) is 82.3 cm³/mol. The second-order valence-electron chi connectivity index (χ2n) is 4.86. The van der Waals surface area contributed by atoms with Crippen LogP contribution >= 0.6 is 0 Å². The van der Waals surface area contributed by atoms with E-state index in [2.05, 4.69) is 5.32 Å². The Morgan fingerprint density at radius 1 is 1.14 bits per heavy atom. The zero-order valence-corrected chi connectivity index (χ0v) is 12.1. The van der Waals surface area contributed by atoms with Gasteiger partial charge in [-0.15, -0.1) is 0 Å². The molecule has 21 heavy (non-hydrogen) atoms. The van der Waals surface area contributed by atoms with Crippen molar-refractivity contribution in [2.24, 2.45) is 0 Å². The molecule has 0 heterocycles. The van der Waals surface area contributed by atoms with Gasteiger partial charge in [0, 0.05) is 31.5 Å². The number of ether oxygens (including phenoxy) is 1. The summed E-state index contributed by atoms with van der Waals surface area (Å²) >= 11 is 0. The van der Waals surface area contributed by atoms with E-state index in [1.807, 2.05) is 31.2 Å². The Bertz CT molecular complexity index is 624. The van der Waals surface area contributed by atoms with Crippen LogP contribution in [0.5, 0.6) is 0 Å². The summed E-state index contributed by atoms with van der Waals surface area (Å²) in [4.78, 5) is 10.4. The summed E-state index contributed by atoms with van der Waals surface area (Å²) in [5.74, 6) is 0. The van der Waals surface area contributed by atoms with Crippen LogP contribution in [0, 0.1) is 17.0 Å². The van der Waals surface area contributed by atoms with Crippen LogP contribution < -0.4 is 5.32 Å². The van der Waals surface area contributed by atoms with E-state index in [0.717, 1.165) is 22.4 Å². The molecule has 5 heteroatoms. The van der Waals surface area contributed by atoms with Gasteiger partial charge in [0.15, 0.2) is 0 Å². The van der Waals surface area contributed by atoms with Crippen molar-refractivity contribution in [2.45, 2.75) is 20.1 Å². The molecule has 0 bridgehead atoms. The van der Waals surface area contributed by atoms with Gasteiger partial charge in [-0.2, -0.15) is 0 Å². The number of hydrogen-bond acceptors (Lipinski definition) is 4. The van der Waals surface area contributed by atoms with Crippen molar-refractivity contribution in [1.82, 2.24) is 0 Å². The third kappa shape index (κ3) is 4.03. The van der Waals surface area contributed by atoms with Crippen LogP contribution in [0.2, 0.25) is 0 Å². The Morgan fingerprint density at radius 3 is 2.43 bits per heavy atom. The molecule has 0 aliphatic rings. The number of nitro benzene ring substituents is 1. The normalized spacial score (nSPS) is 10.4. The third-order valence-corrected chi connectivity index (χ3v) is 3.25. The minimum atomic E-state index is -0.385. The standard InChI is InChI=1S/C16H18N2O3/c1-12-3-8-15(18(19)20)9-16(12)17-10-13-4-6-14(7-5-13)11-21-2/h3-9,17H,10-11H2,1-2H3. The molecule has 0 aromatic heterocycles. The van der Waals surface area contributed by atoms with Crippen LogP contribution in [0.25, 0.3) is 0 Å².